The second-order valence-corrected chi connectivity index (χ2v) is 4.99. The molecule has 0 heterocycles. The quantitative estimate of drug-likeness (QED) is 0.333. The SMILES string of the molecule is C=CCc1cc(OC)c(OC(=O)/C=C/c2ccccc2)c(OC)c1. The van der Waals surface area contributed by atoms with Gasteiger partial charge in [0.05, 0.1) is 14.2 Å². The Bertz CT molecular complexity index is 708. The van der Waals surface area contributed by atoms with Gasteiger partial charge in [0.25, 0.3) is 0 Å². The van der Waals surface area contributed by atoms with Crippen LogP contribution in [0.1, 0.15) is 11.1 Å². The molecule has 0 aliphatic carbocycles. The molecule has 0 atom stereocenters. The first kappa shape index (κ1) is 17.3. The summed E-state index contributed by atoms with van der Waals surface area (Å²) in [6.45, 7) is 3.71. The van der Waals surface area contributed by atoms with Crippen molar-refractivity contribution >= 4 is 12.0 Å². The van der Waals surface area contributed by atoms with E-state index in [1.807, 2.05) is 30.3 Å². The van der Waals surface area contributed by atoms with E-state index >= 15 is 0 Å². The fourth-order valence-electron chi connectivity index (χ4n) is 2.18. The summed E-state index contributed by atoms with van der Waals surface area (Å²) in [7, 11) is 3.03. The second-order valence-electron chi connectivity index (χ2n) is 4.99. The number of carbonyl (C=O) groups is 1. The lowest BCUT2D eigenvalue weighted by Crippen LogP contribution is -2.07. The van der Waals surface area contributed by atoms with Gasteiger partial charge in [-0.1, -0.05) is 36.4 Å². The molecule has 124 valence electrons. The monoisotopic (exact) mass is 324 g/mol. The highest BCUT2D eigenvalue weighted by molar-refractivity contribution is 5.89. The highest BCUT2D eigenvalue weighted by Crippen LogP contribution is 2.39. The molecule has 0 saturated carbocycles. The van der Waals surface area contributed by atoms with Gasteiger partial charge in [-0.25, -0.2) is 4.79 Å². The fourth-order valence-corrected chi connectivity index (χ4v) is 2.18. The molecule has 0 fully saturated rings. The lowest BCUT2D eigenvalue weighted by molar-refractivity contribution is -0.129. The van der Waals surface area contributed by atoms with Gasteiger partial charge in [0.1, 0.15) is 0 Å². The number of methoxy groups -OCH3 is 2. The summed E-state index contributed by atoms with van der Waals surface area (Å²) in [6, 6.07) is 13.1. The van der Waals surface area contributed by atoms with Crippen molar-refractivity contribution in [3.05, 3.63) is 72.3 Å². The van der Waals surface area contributed by atoms with Crippen LogP contribution in [0, 0.1) is 0 Å². The Balaban J connectivity index is 2.22. The van der Waals surface area contributed by atoms with Gasteiger partial charge in [0.2, 0.25) is 5.75 Å². The minimum absolute atomic E-state index is 0.260. The van der Waals surface area contributed by atoms with Crippen LogP contribution in [0.3, 0.4) is 0 Å². The summed E-state index contributed by atoms with van der Waals surface area (Å²) in [5.41, 5.74) is 1.87. The van der Waals surface area contributed by atoms with Crippen molar-refractivity contribution in [1.82, 2.24) is 0 Å². The molecule has 0 bridgehead atoms. The number of hydrogen-bond donors (Lipinski definition) is 0. The third kappa shape index (κ3) is 4.49. The van der Waals surface area contributed by atoms with Crippen LogP contribution >= 0.6 is 0 Å². The Labute approximate surface area is 142 Å². The van der Waals surface area contributed by atoms with Crippen LogP contribution < -0.4 is 14.2 Å². The van der Waals surface area contributed by atoms with Gasteiger partial charge >= 0.3 is 5.97 Å². The predicted octanol–water partition coefficient (Wildman–Crippen LogP) is 4.05. The normalized spacial score (nSPS) is 10.4. The third-order valence-corrected chi connectivity index (χ3v) is 3.31. The minimum Gasteiger partial charge on any atom is -0.493 e. The summed E-state index contributed by atoms with van der Waals surface area (Å²) in [4.78, 5) is 12.1. The molecular weight excluding hydrogens is 304 g/mol. The topological polar surface area (TPSA) is 44.8 Å². The maximum Gasteiger partial charge on any atom is 0.336 e. The summed E-state index contributed by atoms with van der Waals surface area (Å²) in [5, 5.41) is 0. The van der Waals surface area contributed by atoms with Crippen molar-refractivity contribution in [1.29, 1.82) is 0 Å². The summed E-state index contributed by atoms with van der Waals surface area (Å²) < 4.78 is 16.1. The van der Waals surface area contributed by atoms with E-state index in [1.165, 1.54) is 20.3 Å². The van der Waals surface area contributed by atoms with Crippen molar-refractivity contribution in [2.24, 2.45) is 0 Å². The van der Waals surface area contributed by atoms with E-state index < -0.39 is 5.97 Å². The van der Waals surface area contributed by atoms with E-state index in [0.29, 0.717) is 17.9 Å². The van der Waals surface area contributed by atoms with Crippen molar-refractivity contribution in [3.8, 4) is 17.2 Å². The van der Waals surface area contributed by atoms with E-state index in [9.17, 15) is 4.79 Å². The largest absolute Gasteiger partial charge is 0.493 e. The van der Waals surface area contributed by atoms with Gasteiger partial charge in [0, 0.05) is 6.08 Å². The van der Waals surface area contributed by atoms with Crippen LogP contribution in [-0.2, 0) is 11.2 Å². The number of benzene rings is 2. The average molecular weight is 324 g/mol. The molecule has 0 unspecified atom stereocenters. The predicted molar refractivity (Wildman–Crippen MR) is 94.6 cm³/mol. The molecular formula is C20H20O4. The van der Waals surface area contributed by atoms with Gasteiger partial charge in [-0.15, -0.1) is 6.58 Å². The number of carbonyl (C=O) groups excluding carboxylic acids is 1. The molecule has 0 N–H and O–H groups in total. The molecule has 0 aliphatic heterocycles. The minimum atomic E-state index is -0.507. The van der Waals surface area contributed by atoms with E-state index in [0.717, 1.165) is 11.1 Å². The lowest BCUT2D eigenvalue weighted by atomic mass is 10.1. The molecule has 2 rings (SSSR count). The van der Waals surface area contributed by atoms with Crippen molar-refractivity contribution < 1.29 is 19.0 Å². The van der Waals surface area contributed by atoms with Crippen molar-refractivity contribution in [2.45, 2.75) is 6.42 Å². The van der Waals surface area contributed by atoms with Crippen LogP contribution in [0.15, 0.2) is 61.2 Å². The third-order valence-electron chi connectivity index (χ3n) is 3.31. The molecule has 0 spiro atoms. The standard InChI is InChI=1S/C20H20O4/c1-4-8-16-13-17(22-2)20(18(14-16)23-3)24-19(21)12-11-15-9-6-5-7-10-15/h4-7,9-14H,1,8H2,2-3H3/b12-11+. The number of ether oxygens (including phenoxy) is 3. The van der Waals surface area contributed by atoms with Crippen molar-refractivity contribution in [3.63, 3.8) is 0 Å². The van der Waals surface area contributed by atoms with Crippen LogP contribution in [0.4, 0.5) is 0 Å². The van der Waals surface area contributed by atoms with Crippen LogP contribution in [0.5, 0.6) is 17.2 Å². The number of esters is 1. The maximum absolute atomic E-state index is 12.1. The Morgan fingerprint density at radius 3 is 2.25 bits per heavy atom. The zero-order valence-corrected chi connectivity index (χ0v) is 13.8. The fraction of sp³-hybridized carbons (Fsp3) is 0.150. The number of rotatable bonds is 7. The summed E-state index contributed by atoms with van der Waals surface area (Å²) >= 11 is 0. The van der Waals surface area contributed by atoms with Gasteiger partial charge in [-0.3, -0.25) is 0 Å². The van der Waals surface area contributed by atoms with Gasteiger partial charge in [-0.05, 0) is 35.8 Å². The molecule has 0 radical (unpaired) electrons. The van der Waals surface area contributed by atoms with Crippen LogP contribution in [0.25, 0.3) is 6.08 Å². The molecule has 4 nitrogen and oxygen atoms in total. The van der Waals surface area contributed by atoms with Crippen molar-refractivity contribution in [2.75, 3.05) is 14.2 Å². The Morgan fingerprint density at radius 2 is 1.71 bits per heavy atom. The molecule has 0 amide bonds. The van der Waals surface area contributed by atoms with Gasteiger partial charge in [0.15, 0.2) is 11.5 Å². The first-order valence-corrected chi connectivity index (χ1v) is 7.48. The number of allylic oxidation sites excluding steroid dienone is 1. The smallest absolute Gasteiger partial charge is 0.336 e. The second kappa shape index (κ2) is 8.58. The molecule has 24 heavy (non-hydrogen) atoms. The van der Waals surface area contributed by atoms with E-state index in [-0.39, 0.29) is 5.75 Å². The molecule has 2 aromatic carbocycles. The molecule has 4 heteroatoms. The molecule has 0 aromatic heterocycles. The van der Waals surface area contributed by atoms with Crippen LogP contribution in [0.2, 0.25) is 0 Å². The van der Waals surface area contributed by atoms with Gasteiger partial charge < -0.3 is 14.2 Å². The van der Waals surface area contributed by atoms with E-state index in [2.05, 4.69) is 6.58 Å². The van der Waals surface area contributed by atoms with E-state index in [4.69, 9.17) is 14.2 Å². The van der Waals surface area contributed by atoms with Gasteiger partial charge in [-0.2, -0.15) is 0 Å². The first-order chi connectivity index (χ1) is 11.7. The molecule has 0 aliphatic rings. The van der Waals surface area contributed by atoms with Crippen LogP contribution in [-0.4, -0.2) is 20.2 Å². The van der Waals surface area contributed by atoms with E-state index in [1.54, 1.807) is 24.3 Å². The number of hydrogen-bond acceptors (Lipinski definition) is 4. The highest BCUT2D eigenvalue weighted by Gasteiger charge is 2.16. The average Bonchev–Trinajstić information content (AvgIpc) is 2.62. The first-order valence-electron chi connectivity index (χ1n) is 7.48. The highest BCUT2D eigenvalue weighted by atomic mass is 16.6. The zero-order valence-electron chi connectivity index (χ0n) is 13.8. The summed E-state index contributed by atoms with van der Waals surface area (Å²) in [6.07, 6.45) is 5.50. The maximum atomic E-state index is 12.1. The summed E-state index contributed by atoms with van der Waals surface area (Å²) in [5.74, 6) is 0.628. The molecule has 0 saturated heterocycles. The Hall–Kier alpha value is -3.01. The Kier molecular flexibility index (Phi) is 6.20. The molecule has 2 aromatic rings. The zero-order chi connectivity index (χ0) is 17.4. The Morgan fingerprint density at radius 1 is 1.08 bits per heavy atom. The lowest BCUT2D eigenvalue weighted by Gasteiger charge is -2.14.